The van der Waals surface area contributed by atoms with Crippen LogP contribution >= 0.6 is 0 Å². The predicted molar refractivity (Wildman–Crippen MR) is 277 cm³/mol. The Morgan fingerprint density at radius 2 is 0.987 bits per heavy atom. The Morgan fingerprint density at radius 3 is 1.38 bits per heavy atom. The number of alkyl halides is 6. The number of hydrogen-bond acceptors (Lipinski definition) is 8. The molecule has 386 valence electrons. The standard InChI is InChI=1S/C28H24F3N5O3.C28H22F3N5O/c1-27(39,16-37)18-9-10-20-24(15-18)34-36(19-6-4-3-5-7-19)25(20)32-26(38)17-8-11-22(28(29,30)31)21(14-17)23-12-13-35(2)33-23;1-17(2)18-9-11-21-25(16-18)34-36(20-7-5-4-6-8-20)26(21)32-27(37)19-10-12-23(28(29,30)31)22(15-19)24-13-14-35(3)33-24/h3-15,37,39H,16H2,1-2H3,(H,32,38);4-16H,1H2,2-3H3,(H,32,37). The second-order valence-corrected chi connectivity index (χ2v) is 18.0. The molecule has 14 nitrogen and oxygen atoms in total. The normalized spacial score (nSPS) is 12.5. The molecule has 0 aliphatic carbocycles. The van der Waals surface area contributed by atoms with Gasteiger partial charge in [-0.3, -0.25) is 19.0 Å². The molecule has 76 heavy (non-hydrogen) atoms. The Morgan fingerprint density at radius 1 is 0.566 bits per heavy atom. The van der Waals surface area contributed by atoms with E-state index in [1.54, 1.807) is 67.4 Å². The Bertz CT molecular complexity index is 3820. The number of amides is 2. The highest BCUT2D eigenvalue weighted by molar-refractivity contribution is 6.10. The maximum absolute atomic E-state index is 13.8. The van der Waals surface area contributed by atoms with E-state index in [0.29, 0.717) is 44.6 Å². The van der Waals surface area contributed by atoms with Crippen molar-refractivity contribution in [3.63, 3.8) is 0 Å². The van der Waals surface area contributed by atoms with E-state index in [4.69, 9.17) is 0 Å². The van der Waals surface area contributed by atoms with E-state index >= 15 is 0 Å². The minimum Gasteiger partial charge on any atom is -0.393 e. The van der Waals surface area contributed by atoms with Gasteiger partial charge in [0.1, 0.15) is 17.2 Å². The zero-order valence-corrected chi connectivity index (χ0v) is 41.0. The van der Waals surface area contributed by atoms with Crippen LogP contribution < -0.4 is 10.6 Å². The van der Waals surface area contributed by atoms with Crippen LogP contribution in [0.2, 0.25) is 0 Å². The van der Waals surface area contributed by atoms with Gasteiger partial charge in [0.05, 0.1) is 51.5 Å². The number of allylic oxidation sites excluding steroid dienone is 1. The minimum atomic E-state index is -4.64. The molecule has 0 bridgehead atoms. The van der Waals surface area contributed by atoms with E-state index < -0.39 is 47.5 Å². The van der Waals surface area contributed by atoms with Crippen molar-refractivity contribution in [3.05, 3.63) is 198 Å². The number of para-hydroxylation sites is 2. The molecule has 0 spiro atoms. The Hall–Kier alpha value is -9.14. The van der Waals surface area contributed by atoms with Crippen molar-refractivity contribution in [1.29, 1.82) is 0 Å². The first kappa shape index (κ1) is 51.7. The van der Waals surface area contributed by atoms with Crippen molar-refractivity contribution in [2.24, 2.45) is 14.1 Å². The van der Waals surface area contributed by atoms with E-state index in [9.17, 15) is 46.1 Å². The van der Waals surface area contributed by atoms with Crippen LogP contribution in [0.5, 0.6) is 0 Å². The first-order valence-corrected chi connectivity index (χ1v) is 23.3. The lowest BCUT2D eigenvalue weighted by molar-refractivity contribution is -0.137. The number of aliphatic hydroxyl groups is 2. The Balaban J connectivity index is 0.000000186. The number of anilines is 2. The number of hydrogen-bond donors (Lipinski definition) is 4. The van der Waals surface area contributed by atoms with E-state index in [2.05, 4.69) is 37.6 Å². The van der Waals surface area contributed by atoms with Gasteiger partial charge in [-0.05, 0) is 122 Å². The van der Waals surface area contributed by atoms with Gasteiger partial charge in [0, 0.05) is 59.5 Å². The van der Waals surface area contributed by atoms with Crippen LogP contribution in [0.25, 0.3) is 61.3 Å². The number of halogens is 6. The number of nitrogens with one attached hydrogen (secondary N) is 2. The molecule has 4 aromatic heterocycles. The van der Waals surface area contributed by atoms with Crippen molar-refractivity contribution in [3.8, 4) is 33.9 Å². The molecule has 2 amide bonds. The van der Waals surface area contributed by atoms with Crippen molar-refractivity contribution in [2.45, 2.75) is 31.8 Å². The summed E-state index contributed by atoms with van der Waals surface area (Å²) < 4.78 is 88.4. The summed E-state index contributed by atoms with van der Waals surface area (Å²) in [4.78, 5) is 26.8. The average Bonchev–Trinajstić information content (AvgIpc) is 4.27. The smallest absolute Gasteiger partial charge is 0.393 e. The molecule has 10 aromatic rings. The SMILES string of the molecule is C=C(C)c1ccc2c(NC(=O)c3ccc(C(F)(F)F)c(-c4ccn(C)n4)c3)n(-c3ccccc3)nc2c1.Cn1ccc(-c2cc(C(=O)Nc3c4ccc(C(C)(O)CO)cc4nn3-c3ccccc3)ccc2C(F)(F)F)n1. The van der Waals surface area contributed by atoms with Crippen molar-refractivity contribution in [1.82, 2.24) is 39.1 Å². The number of carbonyl (C=O) groups is 2. The van der Waals surface area contributed by atoms with E-state index in [1.807, 2.05) is 61.5 Å². The molecule has 1 unspecified atom stereocenters. The second kappa shape index (κ2) is 20.3. The number of carbonyl (C=O) groups excluding carboxylic acids is 2. The zero-order chi connectivity index (χ0) is 54.3. The van der Waals surface area contributed by atoms with Crippen LogP contribution in [0.1, 0.15) is 56.8 Å². The number of aliphatic hydroxyl groups excluding tert-OH is 1. The number of fused-ring (bicyclic) bond motifs is 2. The van der Waals surface area contributed by atoms with Gasteiger partial charge in [-0.1, -0.05) is 60.7 Å². The van der Waals surface area contributed by atoms with Gasteiger partial charge in [-0.2, -0.15) is 46.7 Å². The summed E-state index contributed by atoms with van der Waals surface area (Å²) in [5, 5.41) is 44.4. The number of nitrogens with zero attached hydrogens (tertiary/aromatic N) is 8. The molecule has 1 atom stereocenters. The molecule has 0 saturated carbocycles. The number of rotatable bonds is 11. The largest absolute Gasteiger partial charge is 0.417 e. The summed E-state index contributed by atoms with van der Waals surface area (Å²) >= 11 is 0. The van der Waals surface area contributed by atoms with Crippen LogP contribution in [0, 0.1) is 0 Å². The molecule has 0 aliphatic rings. The lowest BCUT2D eigenvalue weighted by Gasteiger charge is -2.20. The van der Waals surface area contributed by atoms with Crippen LogP contribution in [-0.2, 0) is 32.0 Å². The summed E-state index contributed by atoms with van der Waals surface area (Å²) in [5.41, 5.74) is 1.22. The topological polar surface area (TPSA) is 170 Å². The quantitative estimate of drug-likeness (QED) is 0.0928. The minimum absolute atomic E-state index is 0.00236. The van der Waals surface area contributed by atoms with Crippen LogP contribution in [0.4, 0.5) is 38.0 Å². The van der Waals surface area contributed by atoms with Crippen molar-refractivity contribution >= 4 is 50.8 Å². The lowest BCUT2D eigenvalue weighted by Crippen LogP contribution is -2.25. The Labute approximate surface area is 429 Å². The third kappa shape index (κ3) is 10.6. The highest BCUT2D eigenvalue weighted by atomic mass is 19.4. The van der Waals surface area contributed by atoms with Gasteiger partial charge in [0.25, 0.3) is 11.8 Å². The monoisotopic (exact) mass is 1040 g/mol. The van der Waals surface area contributed by atoms with Gasteiger partial charge in [-0.25, -0.2) is 9.36 Å². The summed E-state index contributed by atoms with van der Waals surface area (Å²) in [6.07, 6.45) is -6.18. The molecule has 4 N–H and O–H groups in total. The van der Waals surface area contributed by atoms with Crippen LogP contribution in [0.3, 0.4) is 0 Å². The predicted octanol–water partition coefficient (Wildman–Crippen LogP) is 11.6. The Kier molecular flexibility index (Phi) is 13.8. The zero-order valence-electron chi connectivity index (χ0n) is 41.0. The molecule has 6 aromatic carbocycles. The molecule has 0 saturated heterocycles. The van der Waals surface area contributed by atoms with Crippen LogP contribution in [0.15, 0.2) is 165 Å². The van der Waals surface area contributed by atoms with E-state index in [1.165, 1.54) is 51.4 Å². The molecule has 0 fully saturated rings. The lowest BCUT2D eigenvalue weighted by atomic mass is 9.96. The molecule has 20 heteroatoms. The fourth-order valence-corrected chi connectivity index (χ4v) is 8.38. The fraction of sp³-hybridized carbons (Fsp3) is 0.143. The fourth-order valence-electron chi connectivity index (χ4n) is 8.38. The van der Waals surface area contributed by atoms with E-state index in [0.717, 1.165) is 35.4 Å². The first-order chi connectivity index (χ1) is 36.1. The summed E-state index contributed by atoms with van der Waals surface area (Å²) in [5.74, 6) is -0.533. The molecular weight excluding hydrogens is 991 g/mol. The van der Waals surface area contributed by atoms with Gasteiger partial charge in [0.15, 0.2) is 0 Å². The highest BCUT2D eigenvalue weighted by Crippen LogP contribution is 2.40. The number of aryl methyl sites for hydroxylation is 2. The second-order valence-electron chi connectivity index (χ2n) is 18.0. The van der Waals surface area contributed by atoms with Gasteiger partial charge < -0.3 is 20.8 Å². The molecular formula is C56H46F6N10O4. The third-order valence-corrected chi connectivity index (χ3v) is 12.4. The van der Waals surface area contributed by atoms with Gasteiger partial charge in [-0.15, -0.1) is 0 Å². The summed E-state index contributed by atoms with van der Waals surface area (Å²) in [6.45, 7) is 6.83. The third-order valence-electron chi connectivity index (χ3n) is 12.4. The first-order valence-electron chi connectivity index (χ1n) is 23.3. The highest BCUT2D eigenvalue weighted by Gasteiger charge is 2.36. The summed E-state index contributed by atoms with van der Waals surface area (Å²) in [7, 11) is 3.21. The summed E-state index contributed by atoms with van der Waals surface area (Å²) in [6, 6.07) is 38.1. The van der Waals surface area contributed by atoms with Gasteiger partial charge in [0.2, 0.25) is 0 Å². The average molecular weight is 1040 g/mol. The van der Waals surface area contributed by atoms with Gasteiger partial charge >= 0.3 is 12.4 Å². The van der Waals surface area contributed by atoms with E-state index in [-0.39, 0.29) is 39.5 Å². The van der Waals surface area contributed by atoms with Crippen molar-refractivity contribution in [2.75, 3.05) is 17.2 Å². The molecule has 0 aliphatic heterocycles. The molecule has 0 radical (unpaired) electrons. The molecule has 10 rings (SSSR count). The van der Waals surface area contributed by atoms with Crippen molar-refractivity contribution < 1.29 is 46.1 Å². The van der Waals surface area contributed by atoms with Crippen LogP contribution in [-0.4, -0.2) is 67.8 Å². The molecule has 4 heterocycles. The number of benzene rings is 6. The maximum Gasteiger partial charge on any atom is 0.417 e. The number of aromatic nitrogens is 8. The maximum atomic E-state index is 13.8.